The van der Waals surface area contributed by atoms with Gasteiger partial charge in [0.05, 0.1) is 0 Å². The molecule has 1 aromatic rings. The Morgan fingerprint density at radius 1 is 1.09 bits per heavy atom. The molecule has 6 heteroatoms. The summed E-state index contributed by atoms with van der Waals surface area (Å²) in [4.78, 5) is 14.5. The third-order valence-corrected chi connectivity index (χ3v) is 6.58. The predicted octanol–water partition coefficient (Wildman–Crippen LogP) is 3.08. The Balaban J connectivity index is 1.22. The number of piperidine rings is 1. The van der Waals surface area contributed by atoms with Gasteiger partial charge >= 0.3 is 0 Å². The Kier molecular flexibility index (Phi) is 4.51. The first-order valence-corrected chi connectivity index (χ1v) is 9.97. The number of hydrogen-bond acceptors (Lipinski definition) is 5. The highest BCUT2D eigenvalue weighted by molar-refractivity contribution is 7.15. The van der Waals surface area contributed by atoms with E-state index in [0.717, 1.165) is 31.1 Å². The number of aromatic nitrogens is 2. The van der Waals surface area contributed by atoms with Gasteiger partial charge in [0.25, 0.3) is 0 Å². The van der Waals surface area contributed by atoms with Gasteiger partial charge in [-0.15, -0.1) is 10.2 Å². The van der Waals surface area contributed by atoms with E-state index in [-0.39, 0.29) is 5.91 Å². The summed E-state index contributed by atoms with van der Waals surface area (Å²) in [6.45, 7) is 2.03. The maximum absolute atomic E-state index is 12.2. The molecule has 1 amide bonds. The van der Waals surface area contributed by atoms with Crippen LogP contribution in [0.1, 0.15) is 68.7 Å². The van der Waals surface area contributed by atoms with Crippen molar-refractivity contribution in [1.82, 2.24) is 15.5 Å². The van der Waals surface area contributed by atoms with Crippen LogP contribution >= 0.6 is 11.3 Å². The summed E-state index contributed by atoms with van der Waals surface area (Å²) in [5.74, 6) is 1.49. The molecule has 0 atom stereocenters. The largest absolute Gasteiger partial charge is 0.353 e. The molecule has 1 N–H and O–H groups in total. The Morgan fingerprint density at radius 3 is 2.52 bits per heavy atom. The van der Waals surface area contributed by atoms with Crippen molar-refractivity contribution < 1.29 is 4.79 Å². The Labute approximate surface area is 141 Å². The van der Waals surface area contributed by atoms with Crippen LogP contribution in [0.15, 0.2) is 0 Å². The highest BCUT2D eigenvalue weighted by atomic mass is 32.1. The quantitative estimate of drug-likeness (QED) is 0.899. The minimum absolute atomic E-state index is 0.266. The smallest absolute Gasteiger partial charge is 0.220 e. The Morgan fingerprint density at radius 2 is 1.83 bits per heavy atom. The molecule has 2 aliphatic carbocycles. The molecule has 2 saturated carbocycles. The topological polar surface area (TPSA) is 58.1 Å². The van der Waals surface area contributed by atoms with Crippen molar-refractivity contribution in [1.29, 1.82) is 0 Å². The van der Waals surface area contributed by atoms with Gasteiger partial charge in [-0.25, -0.2) is 0 Å². The van der Waals surface area contributed by atoms with E-state index in [1.807, 2.05) is 0 Å². The van der Waals surface area contributed by atoms with E-state index >= 15 is 0 Å². The highest BCUT2D eigenvalue weighted by Crippen LogP contribution is 2.43. The van der Waals surface area contributed by atoms with Crippen LogP contribution in [0.2, 0.25) is 0 Å². The molecule has 0 spiro atoms. The molecule has 1 aromatic heterocycles. The second-order valence-electron chi connectivity index (χ2n) is 7.38. The molecular weight excluding hydrogens is 308 g/mol. The van der Waals surface area contributed by atoms with Gasteiger partial charge in [-0.3, -0.25) is 4.79 Å². The number of hydrogen-bond donors (Lipinski definition) is 1. The number of amides is 1. The lowest BCUT2D eigenvalue weighted by Crippen LogP contribution is -2.38. The van der Waals surface area contributed by atoms with E-state index in [1.54, 1.807) is 11.3 Å². The van der Waals surface area contributed by atoms with Crippen LogP contribution in [-0.2, 0) is 4.79 Å². The van der Waals surface area contributed by atoms with Crippen LogP contribution in [0, 0.1) is 5.92 Å². The molecular formula is C17H26N4OS. The number of rotatable bonds is 5. The van der Waals surface area contributed by atoms with Crippen molar-refractivity contribution in [3.05, 3.63) is 5.01 Å². The van der Waals surface area contributed by atoms with E-state index < -0.39 is 0 Å². The summed E-state index contributed by atoms with van der Waals surface area (Å²) < 4.78 is 0. The third kappa shape index (κ3) is 3.84. The molecule has 2 heterocycles. The molecule has 126 valence electrons. The van der Waals surface area contributed by atoms with E-state index in [1.165, 1.54) is 43.5 Å². The average Bonchev–Trinajstić information content (AvgIpc) is 3.07. The molecule has 23 heavy (non-hydrogen) atoms. The number of carbonyl (C=O) groups excluding carboxylic acids is 1. The van der Waals surface area contributed by atoms with Crippen LogP contribution < -0.4 is 10.2 Å². The number of nitrogens with zero attached hydrogens (tertiary/aromatic N) is 3. The van der Waals surface area contributed by atoms with E-state index in [9.17, 15) is 4.79 Å². The Bertz CT molecular complexity index is 543. The standard InChI is InChI=1S/C17H26N4OS/c22-15(18-14-3-1-2-4-14)11-12-7-9-21(10-8-12)17-20-19-16(23-17)13-5-6-13/h12-14H,1-11H2,(H,18,22). The van der Waals surface area contributed by atoms with Gasteiger partial charge in [0.2, 0.25) is 11.0 Å². The fraction of sp³-hybridized carbons (Fsp3) is 0.824. The first kappa shape index (κ1) is 15.4. The van der Waals surface area contributed by atoms with Gasteiger partial charge in [0.15, 0.2) is 0 Å². The SMILES string of the molecule is O=C(CC1CCN(c2nnc(C3CC3)s2)CC1)NC1CCCC1. The van der Waals surface area contributed by atoms with Gasteiger partial charge in [0, 0.05) is 31.5 Å². The van der Waals surface area contributed by atoms with Crippen LogP contribution in [0.5, 0.6) is 0 Å². The van der Waals surface area contributed by atoms with Crippen molar-refractivity contribution in [2.45, 2.75) is 69.7 Å². The van der Waals surface area contributed by atoms with E-state index in [4.69, 9.17) is 0 Å². The lowest BCUT2D eigenvalue weighted by Gasteiger charge is -2.31. The minimum Gasteiger partial charge on any atom is -0.353 e. The van der Waals surface area contributed by atoms with Gasteiger partial charge in [-0.2, -0.15) is 0 Å². The molecule has 1 aliphatic heterocycles. The number of anilines is 1. The van der Waals surface area contributed by atoms with Gasteiger partial charge in [-0.1, -0.05) is 24.2 Å². The molecule has 0 bridgehead atoms. The molecule has 3 fully saturated rings. The maximum atomic E-state index is 12.2. The van der Waals surface area contributed by atoms with E-state index in [2.05, 4.69) is 20.4 Å². The first-order valence-electron chi connectivity index (χ1n) is 9.15. The molecule has 0 aromatic carbocycles. The minimum atomic E-state index is 0.266. The zero-order valence-corrected chi connectivity index (χ0v) is 14.5. The van der Waals surface area contributed by atoms with Crippen LogP contribution in [0.4, 0.5) is 5.13 Å². The second kappa shape index (κ2) is 6.75. The van der Waals surface area contributed by atoms with Gasteiger partial charge < -0.3 is 10.2 Å². The summed E-state index contributed by atoms with van der Waals surface area (Å²) in [6.07, 6.45) is 10.3. The highest BCUT2D eigenvalue weighted by Gasteiger charge is 2.29. The summed E-state index contributed by atoms with van der Waals surface area (Å²) in [5, 5.41) is 14.2. The normalized spacial score (nSPS) is 23.4. The third-order valence-electron chi connectivity index (χ3n) is 5.44. The molecule has 0 radical (unpaired) electrons. The maximum Gasteiger partial charge on any atom is 0.220 e. The zero-order valence-electron chi connectivity index (χ0n) is 13.7. The summed E-state index contributed by atoms with van der Waals surface area (Å²) in [5.41, 5.74) is 0. The van der Waals surface area contributed by atoms with Crippen LogP contribution in [-0.4, -0.2) is 35.2 Å². The van der Waals surface area contributed by atoms with Crippen molar-refractivity contribution in [3.63, 3.8) is 0 Å². The molecule has 4 rings (SSSR count). The van der Waals surface area contributed by atoms with E-state index in [0.29, 0.717) is 24.3 Å². The average molecular weight is 334 g/mol. The van der Waals surface area contributed by atoms with Crippen molar-refractivity contribution in [3.8, 4) is 0 Å². The number of nitrogens with one attached hydrogen (secondary N) is 1. The van der Waals surface area contributed by atoms with Crippen LogP contribution in [0.3, 0.4) is 0 Å². The molecule has 5 nitrogen and oxygen atoms in total. The molecule has 3 aliphatic rings. The number of carbonyl (C=O) groups is 1. The first-order chi connectivity index (χ1) is 11.3. The fourth-order valence-corrected chi connectivity index (χ4v) is 4.86. The van der Waals surface area contributed by atoms with Crippen molar-refractivity contribution in [2.75, 3.05) is 18.0 Å². The molecule has 1 saturated heterocycles. The lowest BCUT2D eigenvalue weighted by molar-refractivity contribution is -0.122. The summed E-state index contributed by atoms with van der Waals surface area (Å²) in [7, 11) is 0. The molecule has 0 unspecified atom stereocenters. The fourth-order valence-electron chi connectivity index (χ4n) is 3.80. The zero-order chi connectivity index (χ0) is 15.6. The van der Waals surface area contributed by atoms with Gasteiger partial charge in [0.1, 0.15) is 5.01 Å². The van der Waals surface area contributed by atoms with Gasteiger partial charge in [-0.05, 0) is 44.4 Å². The second-order valence-corrected chi connectivity index (χ2v) is 8.37. The summed E-state index contributed by atoms with van der Waals surface area (Å²) in [6, 6.07) is 0.449. The van der Waals surface area contributed by atoms with Crippen molar-refractivity contribution >= 4 is 22.4 Å². The summed E-state index contributed by atoms with van der Waals surface area (Å²) >= 11 is 1.77. The monoisotopic (exact) mass is 334 g/mol. The predicted molar refractivity (Wildman–Crippen MR) is 91.8 cm³/mol. The van der Waals surface area contributed by atoms with Crippen molar-refractivity contribution in [2.24, 2.45) is 5.92 Å². The lowest BCUT2D eigenvalue weighted by atomic mass is 9.93. The Hall–Kier alpha value is -1.17. The van der Waals surface area contributed by atoms with Crippen LogP contribution in [0.25, 0.3) is 0 Å².